The molecular weight excluding hydrogens is 480 g/mol. The first-order valence-corrected chi connectivity index (χ1v) is 12.3. The summed E-state index contributed by atoms with van der Waals surface area (Å²) in [4.78, 5) is 48.7. The SMILES string of the molecule is Cc1cc(N(CCN2CCCCC2)C(=O)c2nc[nH]c2C(N)=O)ccc1NC(=O)c1ccccc1Cl. The Morgan fingerprint density at radius 3 is 2.58 bits per heavy atom. The number of aryl methyl sites for hydroxylation is 1. The highest BCUT2D eigenvalue weighted by Gasteiger charge is 2.26. The third-order valence-electron chi connectivity index (χ3n) is 6.31. The molecular formula is C26H29ClN6O3. The number of rotatable bonds is 8. The highest BCUT2D eigenvalue weighted by molar-refractivity contribution is 6.34. The molecule has 3 amide bonds. The number of aromatic nitrogens is 2. The van der Waals surface area contributed by atoms with Gasteiger partial charge in [0.1, 0.15) is 5.69 Å². The summed E-state index contributed by atoms with van der Waals surface area (Å²) in [7, 11) is 0. The van der Waals surface area contributed by atoms with Crippen LogP contribution in [-0.4, -0.2) is 58.8 Å². The molecule has 0 spiro atoms. The molecule has 0 aliphatic carbocycles. The summed E-state index contributed by atoms with van der Waals surface area (Å²) in [5, 5.41) is 3.25. The number of nitrogens with one attached hydrogen (secondary N) is 2. The zero-order valence-electron chi connectivity index (χ0n) is 20.1. The molecule has 2 aromatic carbocycles. The highest BCUT2D eigenvalue weighted by Crippen LogP contribution is 2.26. The van der Waals surface area contributed by atoms with Gasteiger partial charge in [0.15, 0.2) is 5.69 Å². The first-order valence-electron chi connectivity index (χ1n) is 11.9. The van der Waals surface area contributed by atoms with Gasteiger partial charge in [0, 0.05) is 24.5 Å². The lowest BCUT2D eigenvalue weighted by Gasteiger charge is -2.30. The van der Waals surface area contributed by atoms with E-state index >= 15 is 0 Å². The summed E-state index contributed by atoms with van der Waals surface area (Å²) in [5.41, 5.74) is 7.76. The molecule has 0 unspecified atom stereocenters. The average molecular weight is 509 g/mol. The van der Waals surface area contributed by atoms with E-state index < -0.39 is 11.8 Å². The molecule has 1 aliphatic rings. The Kier molecular flexibility index (Phi) is 8.02. The summed E-state index contributed by atoms with van der Waals surface area (Å²) in [6.45, 7) is 4.93. The van der Waals surface area contributed by atoms with Gasteiger partial charge < -0.3 is 25.8 Å². The van der Waals surface area contributed by atoms with Crippen LogP contribution in [0.4, 0.5) is 11.4 Å². The van der Waals surface area contributed by atoms with Crippen molar-refractivity contribution in [2.75, 3.05) is 36.4 Å². The number of primary amides is 1. The Bertz CT molecular complexity index is 1270. The number of aromatic amines is 1. The number of anilines is 2. The van der Waals surface area contributed by atoms with Crippen LogP contribution in [0.5, 0.6) is 0 Å². The normalized spacial score (nSPS) is 13.8. The molecule has 0 bridgehead atoms. The molecule has 0 saturated carbocycles. The van der Waals surface area contributed by atoms with Crippen LogP contribution in [0.1, 0.15) is 56.2 Å². The van der Waals surface area contributed by atoms with Gasteiger partial charge in [-0.1, -0.05) is 30.2 Å². The fourth-order valence-electron chi connectivity index (χ4n) is 4.34. The number of imidazole rings is 1. The van der Waals surface area contributed by atoms with Crippen LogP contribution in [0.2, 0.25) is 5.02 Å². The zero-order valence-corrected chi connectivity index (χ0v) is 20.8. The Balaban J connectivity index is 1.59. The topological polar surface area (TPSA) is 124 Å². The van der Waals surface area contributed by atoms with E-state index in [0.717, 1.165) is 31.5 Å². The van der Waals surface area contributed by atoms with Crippen molar-refractivity contribution in [3.05, 3.63) is 76.3 Å². The van der Waals surface area contributed by atoms with Crippen LogP contribution in [0, 0.1) is 6.92 Å². The predicted molar refractivity (Wildman–Crippen MR) is 140 cm³/mol. The third-order valence-corrected chi connectivity index (χ3v) is 6.64. The van der Waals surface area contributed by atoms with E-state index in [9.17, 15) is 14.4 Å². The molecule has 10 heteroatoms. The summed E-state index contributed by atoms with van der Waals surface area (Å²) in [6.07, 6.45) is 4.78. The number of amides is 3. The fraction of sp³-hybridized carbons (Fsp3) is 0.308. The maximum atomic E-state index is 13.5. The lowest BCUT2D eigenvalue weighted by Crippen LogP contribution is -2.41. The molecule has 4 N–H and O–H groups in total. The smallest absolute Gasteiger partial charge is 0.279 e. The summed E-state index contributed by atoms with van der Waals surface area (Å²) in [6, 6.07) is 12.2. The summed E-state index contributed by atoms with van der Waals surface area (Å²) >= 11 is 6.16. The Labute approximate surface area is 214 Å². The molecule has 1 fully saturated rings. The number of nitrogens with zero attached hydrogens (tertiary/aromatic N) is 3. The number of hydrogen-bond donors (Lipinski definition) is 3. The molecule has 2 heterocycles. The van der Waals surface area contributed by atoms with Gasteiger partial charge in [0.2, 0.25) is 0 Å². The van der Waals surface area contributed by atoms with Crippen LogP contribution in [0.25, 0.3) is 0 Å². The molecule has 1 aliphatic heterocycles. The van der Waals surface area contributed by atoms with Gasteiger partial charge in [-0.15, -0.1) is 0 Å². The quantitative estimate of drug-likeness (QED) is 0.426. The average Bonchev–Trinajstić information content (AvgIpc) is 3.37. The maximum Gasteiger partial charge on any atom is 0.279 e. The lowest BCUT2D eigenvalue weighted by molar-refractivity contribution is 0.0952. The van der Waals surface area contributed by atoms with Crippen molar-refractivity contribution < 1.29 is 14.4 Å². The van der Waals surface area contributed by atoms with Crippen molar-refractivity contribution in [3.8, 4) is 0 Å². The Hall–Kier alpha value is -3.69. The number of carbonyl (C=O) groups excluding carboxylic acids is 3. The van der Waals surface area contributed by atoms with E-state index in [2.05, 4.69) is 20.2 Å². The number of halogens is 1. The number of carbonyl (C=O) groups is 3. The van der Waals surface area contributed by atoms with E-state index in [1.54, 1.807) is 41.3 Å². The molecule has 36 heavy (non-hydrogen) atoms. The minimum absolute atomic E-state index is 0.0186. The standard InChI is InChI=1S/C26H29ClN6O3/c1-17-15-18(9-10-21(17)31-25(35)19-7-3-4-8-20(19)27)33(14-13-32-11-5-2-6-12-32)26(36)23-22(24(28)34)29-16-30-23/h3-4,7-10,15-16H,2,5-6,11-14H2,1H3,(H2,28,34)(H,29,30)(H,31,35). The van der Waals surface area contributed by atoms with Gasteiger partial charge in [-0.3, -0.25) is 14.4 Å². The molecule has 4 rings (SSSR count). The molecule has 1 aromatic heterocycles. The minimum Gasteiger partial charge on any atom is -0.364 e. The van der Waals surface area contributed by atoms with Gasteiger partial charge in [-0.2, -0.15) is 0 Å². The molecule has 188 valence electrons. The molecule has 0 radical (unpaired) electrons. The number of hydrogen-bond acceptors (Lipinski definition) is 5. The molecule has 1 saturated heterocycles. The first kappa shape index (κ1) is 25.4. The van der Waals surface area contributed by atoms with Crippen molar-refractivity contribution in [2.45, 2.75) is 26.2 Å². The first-order chi connectivity index (χ1) is 17.3. The van der Waals surface area contributed by atoms with Crippen molar-refractivity contribution >= 4 is 40.7 Å². The third kappa shape index (κ3) is 5.75. The second-order valence-corrected chi connectivity index (χ2v) is 9.19. The predicted octanol–water partition coefficient (Wildman–Crippen LogP) is 3.86. The molecule has 0 atom stereocenters. The van der Waals surface area contributed by atoms with Crippen LogP contribution >= 0.6 is 11.6 Å². The Morgan fingerprint density at radius 2 is 1.89 bits per heavy atom. The van der Waals surface area contributed by atoms with Crippen molar-refractivity contribution in [1.29, 1.82) is 0 Å². The summed E-state index contributed by atoms with van der Waals surface area (Å²) in [5.74, 6) is -1.49. The highest BCUT2D eigenvalue weighted by atomic mass is 35.5. The molecule has 9 nitrogen and oxygen atoms in total. The summed E-state index contributed by atoms with van der Waals surface area (Å²) < 4.78 is 0. The van der Waals surface area contributed by atoms with E-state index in [4.69, 9.17) is 17.3 Å². The van der Waals surface area contributed by atoms with Crippen molar-refractivity contribution in [3.63, 3.8) is 0 Å². The van der Waals surface area contributed by atoms with E-state index in [1.807, 2.05) is 13.0 Å². The van der Waals surface area contributed by atoms with E-state index in [1.165, 1.54) is 12.7 Å². The van der Waals surface area contributed by atoms with Gasteiger partial charge >= 0.3 is 0 Å². The van der Waals surface area contributed by atoms with Crippen molar-refractivity contribution in [1.82, 2.24) is 14.9 Å². The number of nitrogens with two attached hydrogens (primary N) is 1. The number of likely N-dealkylation sites (tertiary alicyclic amines) is 1. The van der Waals surface area contributed by atoms with Crippen LogP contribution in [-0.2, 0) is 0 Å². The van der Waals surface area contributed by atoms with Gasteiger partial charge in [-0.25, -0.2) is 4.98 Å². The fourth-order valence-corrected chi connectivity index (χ4v) is 4.56. The van der Waals surface area contributed by atoms with Gasteiger partial charge in [0.25, 0.3) is 17.7 Å². The van der Waals surface area contributed by atoms with Gasteiger partial charge in [0.05, 0.1) is 16.9 Å². The van der Waals surface area contributed by atoms with Crippen LogP contribution in [0.3, 0.4) is 0 Å². The largest absolute Gasteiger partial charge is 0.364 e. The van der Waals surface area contributed by atoms with Crippen molar-refractivity contribution in [2.24, 2.45) is 5.73 Å². The second kappa shape index (κ2) is 11.4. The zero-order chi connectivity index (χ0) is 25.7. The minimum atomic E-state index is -0.749. The second-order valence-electron chi connectivity index (χ2n) is 8.78. The number of H-pyrrole nitrogens is 1. The maximum absolute atomic E-state index is 13.5. The lowest BCUT2D eigenvalue weighted by atomic mass is 10.1. The van der Waals surface area contributed by atoms with Gasteiger partial charge in [-0.05, 0) is 68.8 Å². The van der Waals surface area contributed by atoms with E-state index in [0.29, 0.717) is 35.1 Å². The van der Waals surface area contributed by atoms with Crippen LogP contribution < -0.4 is 16.0 Å². The number of piperidine rings is 1. The monoisotopic (exact) mass is 508 g/mol. The van der Waals surface area contributed by atoms with E-state index in [-0.39, 0.29) is 17.3 Å². The molecule has 3 aromatic rings. The number of benzene rings is 2. The Morgan fingerprint density at radius 1 is 1.14 bits per heavy atom. The van der Waals surface area contributed by atoms with Crippen LogP contribution in [0.15, 0.2) is 48.8 Å².